The van der Waals surface area contributed by atoms with Gasteiger partial charge in [0.2, 0.25) is 0 Å². The van der Waals surface area contributed by atoms with Crippen LogP contribution in [0.4, 0.5) is 0 Å². The summed E-state index contributed by atoms with van der Waals surface area (Å²) < 4.78 is 14.1. The Labute approximate surface area is 211 Å². The van der Waals surface area contributed by atoms with Crippen LogP contribution in [0.3, 0.4) is 0 Å². The fourth-order valence-electron chi connectivity index (χ4n) is 5.08. The number of hydrogen-bond acceptors (Lipinski definition) is 2. The zero-order valence-corrected chi connectivity index (χ0v) is 24.8. The zero-order chi connectivity index (χ0) is 25.2. The molecule has 186 valence electrons. The molecule has 2 unspecified atom stereocenters. The van der Waals surface area contributed by atoms with Gasteiger partial charge in [0.05, 0.1) is 6.10 Å². The number of benzene rings is 2. The van der Waals surface area contributed by atoms with Crippen molar-refractivity contribution in [1.29, 1.82) is 0 Å². The van der Waals surface area contributed by atoms with Crippen LogP contribution in [-0.4, -0.2) is 29.3 Å². The first-order chi connectivity index (χ1) is 15.8. The molecule has 1 aliphatic carbocycles. The molecule has 1 fully saturated rings. The monoisotopic (exact) mass is 494 g/mol. The van der Waals surface area contributed by atoms with Crippen LogP contribution in [0.15, 0.2) is 72.8 Å². The highest BCUT2D eigenvalue weighted by Gasteiger charge is 2.53. The van der Waals surface area contributed by atoms with Crippen molar-refractivity contribution in [1.82, 2.24) is 0 Å². The molecule has 2 atom stereocenters. The predicted octanol–water partition coefficient (Wildman–Crippen LogP) is 7.31. The van der Waals surface area contributed by atoms with Gasteiger partial charge in [0.1, 0.15) is 0 Å². The molecule has 0 aromatic heterocycles. The molecule has 0 spiro atoms. The van der Waals surface area contributed by atoms with Crippen LogP contribution in [0, 0.1) is 5.92 Å². The predicted molar refractivity (Wildman–Crippen MR) is 152 cm³/mol. The van der Waals surface area contributed by atoms with Gasteiger partial charge in [-0.1, -0.05) is 114 Å². The van der Waals surface area contributed by atoms with Gasteiger partial charge in [-0.05, 0) is 52.8 Å². The molecule has 1 saturated carbocycles. The highest BCUT2D eigenvalue weighted by atomic mass is 28.4. The van der Waals surface area contributed by atoms with Crippen molar-refractivity contribution in [2.75, 3.05) is 6.61 Å². The maximum atomic E-state index is 7.50. The van der Waals surface area contributed by atoms with E-state index in [4.69, 9.17) is 8.85 Å². The molecular weight excluding hydrogens is 449 g/mol. The second-order valence-corrected chi connectivity index (χ2v) is 21.6. The van der Waals surface area contributed by atoms with E-state index in [0.29, 0.717) is 5.92 Å². The van der Waals surface area contributed by atoms with Crippen molar-refractivity contribution >= 4 is 27.0 Å². The largest absolute Gasteiger partial charge is 0.417 e. The van der Waals surface area contributed by atoms with Crippen LogP contribution >= 0.6 is 0 Å². The molecule has 34 heavy (non-hydrogen) atoms. The summed E-state index contributed by atoms with van der Waals surface area (Å²) in [5.41, 5.74) is 1.33. The summed E-state index contributed by atoms with van der Waals surface area (Å²) in [6, 6.07) is 22.0. The fourth-order valence-corrected chi connectivity index (χ4v) is 10.9. The third-order valence-electron chi connectivity index (χ3n) is 8.17. The Hall–Kier alpha value is -1.47. The second-order valence-electron chi connectivity index (χ2n) is 12.5. The van der Waals surface area contributed by atoms with Crippen LogP contribution in [0.1, 0.15) is 60.8 Å². The molecule has 1 aliphatic rings. The first-order valence-corrected chi connectivity index (χ1v) is 17.7. The highest BCUT2D eigenvalue weighted by Crippen LogP contribution is 2.43. The minimum Gasteiger partial charge on any atom is -0.417 e. The van der Waals surface area contributed by atoms with E-state index >= 15 is 0 Å². The molecular formula is C30H46O2Si2. The fraction of sp³-hybridized carbons (Fsp3) is 0.533. The average Bonchev–Trinajstić information content (AvgIpc) is 3.10. The zero-order valence-electron chi connectivity index (χ0n) is 22.8. The van der Waals surface area contributed by atoms with Crippen molar-refractivity contribution in [3.8, 4) is 0 Å². The first kappa shape index (κ1) is 27.1. The van der Waals surface area contributed by atoms with E-state index in [0.717, 1.165) is 25.9 Å². The summed E-state index contributed by atoms with van der Waals surface area (Å²) in [6.07, 6.45) is 3.28. The van der Waals surface area contributed by atoms with Gasteiger partial charge >= 0.3 is 0 Å². The standard InChI is InChI=1S/C30H46O2Si2/c1-24-20-21-28(27(24)22-23-31-33(8,9)29(2,3)4)32-34(30(5,6)7,25-16-12-10-13-17-25)26-18-14-11-15-19-26/h10-19,27-28H,1,20-23H2,2-9H3. The summed E-state index contributed by atoms with van der Waals surface area (Å²) >= 11 is 0. The van der Waals surface area contributed by atoms with Crippen LogP contribution in [-0.2, 0) is 8.85 Å². The molecule has 0 saturated heterocycles. The van der Waals surface area contributed by atoms with Crippen LogP contribution in [0.25, 0.3) is 0 Å². The smallest absolute Gasteiger partial charge is 0.261 e. The molecule has 3 rings (SSSR count). The maximum absolute atomic E-state index is 7.50. The summed E-state index contributed by atoms with van der Waals surface area (Å²) in [5.74, 6) is 0.353. The molecule has 0 bridgehead atoms. The van der Waals surface area contributed by atoms with Crippen molar-refractivity contribution in [2.24, 2.45) is 5.92 Å². The molecule has 2 aromatic rings. The lowest BCUT2D eigenvalue weighted by Gasteiger charge is -2.45. The Bertz CT molecular complexity index is 900. The molecule has 0 heterocycles. The van der Waals surface area contributed by atoms with Gasteiger partial charge in [-0.15, -0.1) is 0 Å². The van der Waals surface area contributed by atoms with Crippen molar-refractivity contribution in [3.05, 3.63) is 72.8 Å². The quantitative estimate of drug-likeness (QED) is 0.283. The third-order valence-corrected chi connectivity index (χ3v) is 17.8. The molecule has 0 radical (unpaired) electrons. The lowest BCUT2D eigenvalue weighted by atomic mass is 9.99. The summed E-state index contributed by atoms with van der Waals surface area (Å²) in [6.45, 7) is 24.0. The van der Waals surface area contributed by atoms with Crippen molar-refractivity contribution in [3.63, 3.8) is 0 Å². The lowest BCUT2D eigenvalue weighted by molar-refractivity contribution is 0.137. The molecule has 0 amide bonds. The Morgan fingerprint density at radius 1 is 0.824 bits per heavy atom. The van der Waals surface area contributed by atoms with E-state index in [1.54, 1.807) is 0 Å². The van der Waals surface area contributed by atoms with E-state index in [-0.39, 0.29) is 16.2 Å². The van der Waals surface area contributed by atoms with Crippen LogP contribution in [0.2, 0.25) is 23.2 Å². The molecule has 0 N–H and O–H groups in total. The summed E-state index contributed by atoms with van der Waals surface area (Å²) in [5, 5.41) is 2.91. The second kappa shape index (κ2) is 10.3. The van der Waals surface area contributed by atoms with Gasteiger partial charge in [-0.25, -0.2) is 0 Å². The normalized spacial score (nSPS) is 20.1. The van der Waals surface area contributed by atoms with Gasteiger partial charge in [0.15, 0.2) is 8.32 Å². The first-order valence-electron chi connectivity index (χ1n) is 12.9. The lowest BCUT2D eigenvalue weighted by Crippen LogP contribution is -2.68. The molecule has 2 nitrogen and oxygen atoms in total. The summed E-state index contributed by atoms with van der Waals surface area (Å²) in [4.78, 5) is 0. The van der Waals surface area contributed by atoms with Gasteiger partial charge < -0.3 is 8.85 Å². The van der Waals surface area contributed by atoms with Crippen LogP contribution in [0.5, 0.6) is 0 Å². The van der Waals surface area contributed by atoms with Gasteiger partial charge in [0.25, 0.3) is 8.32 Å². The van der Waals surface area contributed by atoms with E-state index in [1.807, 2.05) is 0 Å². The maximum Gasteiger partial charge on any atom is 0.261 e. The van der Waals surface area contributed by atoms with E-state index in [1.165, 1.54) is 15.9 Å². The Kier molecular flexibility index (Phi) is 8.18. The average molecular weight is 495 g/mol. The minimum atomic E-state index is -2.56. The third kappa shape index (κ3) is 5.51. The number of hydrogen-bond donors (Lipinski definition) is 0. The SMILES string of the molecule is C=C1CCC(O[Si](c2ccccc2)(c2ccccc2)C(C)(C)C)C1CCO[Si](C)(C)C(C)(C)C. The highest BCUT2D eigenvalue weighted by molar-refractivity contribution is 6.99. The summed E-state index contributed by atoms with van der Waals surface area (Å²) in [7, 11) is -4.33. The topological polar surface area (TPSA) is 18.5 Å². The van der Waals surface area contributed by atoms with Gasteiger partial charge in [0, 0.05) is 12.5 Å². The minimum absolute atomic E-state index is 0.0121. The van der Waals surface area contributed by atoms with E-state index < -0.39 is 16.6 Å². The van der Waals surface area contributed by atoms with Gasteiger partial charge in [-0.3, -0.25) is 0 Å². The Morgan fingerprint density at radius 2 is 1.32 bits per heavy atom. The molecule has 0 aliphatic heterocycles. The van der Waals surface area contributed by atoms with E-state index in [9.17, 15) is 0 Å². The Balaban J connectivity index is 1.93. The van der Waals surface area contributed by atoms with Crippen molar-refractivity contribution < 1.29 is 8.85 Å². The Morgan fingerprint density at radius 3 is 1.76 bits per heavy atom. The number of rotatable bonds is 8. The van der Waals surface area contributed by atoms with Crippen molar-refractivity contribution in [2.45, 2.75) is 90.1 Å². The van der Waals surface area contributed by atoms with Crippen LogP contribution < -0.4 is 10.4 Å². The van der Waals surface area contributed by atoms with E-state index in [2.05, 4.69) is 122 Å². The molecule has 4 heteroatoms. The van der Waals surface area contributed by atoms with Gasteiger partial charge in [-0.2, -0.15) is 0 Å². The molecule has 2 aromatic carbocycles.